The van der Waals surface area contributed by atoms with Gasteiger partial charge in [-0.2, -0.15) is 5.10 Å². The van der Waals surface area contributed by atoms with E-state index in [1.165, 1.54) is 11.9 Å². The minimum Gasteiger partial charge on any atom is -0.368 e. The molecular weight excluding hydrogens is 270 g/mol. The van der Waals surface area contributed by atoms with Crippen LogP contribution in [0.4, 0.5) is 5.82 Å². The molecule has 0 aromatic carbocycles. The summed E-state index contributed by atoms with van der Waals surface area (Å²) in [6.07, 6.45) is 5.38. The lowest BCUT2D eigenvalue weighted by Gasteiger charge is -2.05. The number of nitrogens with one attached hydrogen (secondary N) is 1. The smallest absolute Gasteiger partial charge is 0.130 e. The number of aryl methyl sites for hydroxylation is 1. The van der Waals surface area contributed by atoms with Crippen LogP contribution < -0.4 is 5.32 Å². The molecule has 0 saturated carbocycles. The fraction of sp³-hybridized carbons (Fsp3) is 0.300. The minimum absolute atomic E-state index is 0.778. The van der Waals surface area contributed by atoms with E-state index in [9.17, 15) is 0 Å². The molecule has 2 heterocycles. The topological polar surface area (TPSA) is 55.6 Å². The van der Waals surface area contributed by atoms with E-state index in [1.54, 1.807) is 0 Å². The number of anilines is 1. The Bertz CT molecular complexity index is 468. The van der Waals surface area contributed by atoms with Crippen LogP contribution in [0.5, 0.6) is 0 Å². The van der Waals surface area contributed by atoms with Crippen molar-refractivity contribution in [2.24, 2.45) is 0 Å². The zero-order chi connectivity index (χ0) is 11.4. The van der Waals surface area contributed by atoms with Crippen molar-refractivity contribution in [1.82, 2.24) is 19.7 Å². The van der Waals surface area contributed by atoms with Crippen molar-refractivity contribution in [2.45, 2.75) is 13.5 Å². The standard InChI is InChI=1S/C10H12BrN5/c1-8-5-15-16(6-8)3-2-12-10-4-9(11)13-7-14-10/h4-7H,2-3H2,1H3,(H,12,13,14). The van der Waals surface area contributed by atoms with E-state index in [2.05, 4.69) is 36.3 Å². The highest BCUT2D eigenvalue weighted by atomic mass is 79.9. The fourth-order valence-corrected chi connectivity index (χ4v) is 1.63. The summed E-state index contributed by atoms with van der Waals surface area (Å²) in [5.41, 5.74) is 1.17. The monoisotopic (exact) mass is 281 g/mol. The molecule has 6 heteroatoms. The maximum atomic E-state index is 4.20. The third-order valence-corrected chi connectivity index (χ3v) is 2.48. The van der Waals surface area contributed by atoms with Gasteiger partial charge in [0.15, 0.2) is 0 Å². The summed E-state index contributed by atoms with van der Waals surface area (Å²) in [5, 5.41) is 7.40. The number of hydrogen-bond acceptors (Lipinski definition) is 4. The van der Waals surface area contributed by atoms with E-state index in [0.717, 1.165) is 23.5 Å². The molecule has 2 aromatic rings. The Labute approximate surface area is 102 Å². The molecule has 2 rings (SSSR count). The molecule has 0 unspecified atom stereocenters. The maximum absolute atomic E-state index is 4.20. The van der Waals surface area contributed by atoms with Gasteiger partial charge in [0.2, 0.25) is 0 Å². The average molecular weight is 282 g/mol. The third-order valence-electron chi connectivity index (χ3n) is 2.04. The number of hydrogen-bond donors (Lipinski definition) is 1. The van der Waals surface area contributed by atoms with Gasteiger partial charge in [0.25, 0.3) is 0 Å². The second-order valence-corrected chi connectivity index (χ2v) is 4.25. The Morgan fingerprint density at radius 2 is 2.31 bits per heavy atom. The molecule has 0 aliphatic rings. The molecule has 84 valence electrons. The predicted octanol–water partition coefficient (Wildman–Crippen LogP) is 1.86. The first-order valence-corrected chi connectivity index (χ1v) is 5.74. The maximum Gasteiger partial charge on any atom is 0.130 e. The van der Waals surface area contributed by atoms with Crippen LogP contribution in [0.15, 0.2) is 29.4 Å². The number of nitrogens with zero attached hydrogens (tertiary/aromatic N) is 4. The molecule has 0 fully saturated rings. The lowest BCUT2D eigenvalue weighted by molar-refractivity contribution is 0.636. The second-order valence-electron chi connectivity index (χ2n) is 3.43. The largest absolute Gasteiger partial charge is 0.368 e. The van der Waals surface area contributed by atoms with Crippen molar-refractivity contribution in [3.63, 3.8) is 0 Å². The summed E-state index contributed by atoms with van der Waals surface area (Å²) in [6, 6.07) is 1.84. The van der Waals surface area contributed by atoms with Gasteiger partial charge in [-0.1, -0.05) is 0 Å². The van der Waals surface area contributed by atoms with Gasteiger partial charge in [-0.05, 0) is 28.4 Å². The van der Waals surface area contributed by atoms with Gasteiger partial charge in [-0.15, -0.1) is 0 Å². The predicted molar refractivity (Wildman–Crippen MR) is 65.2 cm³/mol. The van der Waals surface area contributed by atoms with Crippen LogP contribution in [0.1, 0.15) is 5.56 Å². The normalized spacial score (nSPS) is 10.4. The molecule has 5 nitrogen and oxygen atoms in total. The van der Waals surface area contributed by atoms with Crippen molar-refractivity contribution < 1.29 is 0 Å². The third kappa shape index (κ3) is 3.03. The van der Waals surface area contributed by atoms with Crippen molar-refractivity contribution in [2.75, 3.05) is 11.9 Å². The van der Waals surface area contributed by atoms with Crippen molar-refractivity contribution >= 4 is 21.7 Å². The second kappa shape index (κ2) is 5.07. The van der Waals surface area contributed by atoms with Gasteiger partial charge in [0.1, 0.15) is 16.7 Å². The van der Waals surface area contributed by atoms with Crippen molar-refractivity contribution in [1.29, 1.82) is 0 Å². The van der Waals surface area contributed by atoms with Gasteiger partial charge in [-0.25, -0.2) is 9.97 Å². The molecule has 2 aromatic heterocycles. The first-order chi connectivity index (χ1) is 7.74. The molecule has 0 aliphatic carbocycles. The molecule has 0 atom stereocenters. The molecule has 0 saturated heterocycles. The summed E-state index contributed by atoms with van der Waals surface area (Å²) in [5.74, 6) is 0.811. The molecule has 0 spiro atoms. The van der Waals surface area contributed by atoms with Gasteiger partial charge in [0.05, 0.1) is 12.7 Å². The zero-order valence-corrected chi connectivity index (χ0v) is 10.5. The molecule has 1 N–H and O–H groups in total. The van der Waals surface area contributed by atoms with E-state index in [4.69, 9.17) is 0 Å². The van der Waals surface area contributed by atoms with Crippen LogP contribution in [0.2, 0.25) is 0 Å². The zero-order valence-electron chi connectivity index (χ0n) is 8.89. The minimum atomic E-state index is 0.778. The van der Waals surface area contributed by atoms with Crippen LogP contribution >= 0.6 is 15.9 Å². The number of aromatic nitrogens is 4. The van der Waals surface area contributed by atoms with E-state index < -0.39 is 0 Å². The summed E-state index contributed by atoms with van der Waals surface area (Å²) < 4.78 is 2.68. The number of halogens is 1. The summed E-state index contributed by atoms with van der Waals surface area (Å²) >= 11 is 3.29. The van der Waals surface area contributed by atoms with Crippen molar-refractivity contribution in [3.05, 3.63) is 35.0 Å². The van der Waals surface area contributed by atoms with Gasteiger partial charge < -0.3 is 5.32 Å². The van der Waals surface area contributed by atoms with E-state index in [0.29, 0.717) is 0 Å². The Balaban J connectivity index is 1.84. The van der Waals surface area contributed by atoms with E-state index in [-0.39, 0.29) is 0 Å². The Hall–Kier alpha value is -1.43. The van der Waals surface area contributed by atoms with Gasteiger partial charge in [-0.3, -0.25) is 4.68 Å². The Morgan fingerprint density at radius 3 is 3.00 bits per heavy atom. The highest BCUT2D eigenvalue weighted by molar-refractivity contribution is 9.10. The van der Waals surface area contributed by atoms with Crippen LogP contribution in [0.3, 0.4) is 0 Å². The first-order valence-electron chi connectivity index (χ1n) is 4.94. The van der Waals surface area contributed by atoms with Crippen LogP contribution in [0.25, 0.3) is 0 Å². The van der Waals surface area contributed by atoms with Crippen molar-refractivity contribution in [3.8, 4) is 0 Å². The molecule has 0 amide bonds. The molecule has 0 radical (unpaired) electrons. The Kier molecular flexibility index (Phi) is 3.51. The van der Waals surface area contributed by atoms with Crippen LogP contribution in [0, 0.1) is 6.92 Å². The Morgan fingerprint density at radius 1 is 1.44 bits per heavy atom. The fourth-order valence-electron chi connectivity index (χ4n) is 1.32. The number of rotatable bonds is 4. The van der Waals surface area contributed by atoms with Gasteiger partial charge >= 0.3 is 0 Å². The molecule has 16 heavy (non-hydrogen) atoms. The van der Waals surface area contributed by atoms with Crippen LogP contribution in [-0.2, 0) is 6.54 Å². The van der Waals surface area contributed by atoms with Gasteiger partial charge in [0, 0.05) is 18.8 Å². The first kappa shape index (κ1) is 11.1. The van der Waals surface area contributed by atoms with E-state index in [1.807, 2.05) is 30.1 Å². The highest BCUT2D eigenvalue weighted by Crippen LogP contribution is 2.08. The lowest BCUT2D eigenvalue weighted by atomic mass is 10.4. The van der Waals surface area contributed by atoms with E-state index >= 15 is 0 Å². The molecule has 0 bridgehead atoms. The summed E-state index contributed by atoms with van der Waals surface area (Å²) in [6.45, 7) is 3.62. The lowest BCUT2D eigenvalue weighted by Crippen LogP contribution is -2.11. The molecule has 0 aliphatic heterocycles. The quantitative estimate of drug-likeness (QED) is 0.870. The average Bonchev–Trinajstić information content (AvgIpc) is 2.64. The highest BCUT2D eigenvalue weighted by Gasteiger charge is 1.96. The summed E-state index contributed by atoms with van der Waals surface area (Å²) in [7, 11) is 0. The SMILES string of the molecule is Cc1cnn(CCNc2cc(Br)ncn2)c1. The van der Waals surface area contributed by atoms with Crippen LogP contribution in [-0.4, -0.2) is 26.3 Å². The summed E-state index contributed by atoms with van der Waals surface area (Å²) in [4.78, 5) is 8.05. The molecular formula is C10H12BrN5.